The van der Waals surface area contributed by atoms with Crippen LogP contribution >= 0.6 is 0 Å². The first-order valence-corrected chi connectivity index (χ1v) is 6.74. The van der Waals surface area contributed by atoms with Crippen LogP contribution in [0, 0.1) is 5.82 Å². The summed E-state index contributed by atoms with van der Waals surface area (Å²) in [5.41, 5.74) is 3.23. The van der Waals surface area contributed by atoms with Crippen LogP contribution in [0.25, 0.3) is 11.3 Å². The molecule has 0 atom stereocenters. The van der Waals surface area contributed by atoms with E-state index in [0.29, 0.717) is 5.69 Å². The fourth-order valence-corrected chi connectivity index (χ4v) is 2.36. The molecule has 104 valence electrons. The summed E-state index contributed by atoms with van der Waals surface area (Å²) in [6, 6.07) is 19.2. The molecule has 3 aromatic rings. The lowest BCUT2D eigenvalue weighted by Gasteiger charge is -2.09. The molecule has 0 bridgehead atoms. The molecule has 0 spiro atoms. The van der Waals surface area contributed by atoms with Crippen LogP contribution in [-0.4, -0.2) is 4.98 Å². The Labute approximate surface area is 121 Å². The van der Waals surface area contributed by atoms with Crippen LogP contribution in [0.2, 0.25) is 0 Å². The highest BCUT2D eigenvalue weighted by atomic mass is 19.1. The summed E-state index contributed by atoms with van der Waals surface area (Å²) < 4.78 is 13.1. The Morgan fingerprint density at radius 3 is 2.43 bits per heavy atom. The molecule has 0 aliphatic heterocycles. The van der Waals surface area contributed by atoms with Gasteiger partial charge < -0.3 is 4.98 Å². The molecule has 0 aliphatic rings. The number of rotatable bonds is 3. The largest absolute Gasteiger partial charge is 0.358 e. The number of aromatic amines is 1. The summed E-state index contributed by atoms with van der Waals surface area (Å²) in [7, 11) is 0. The van der Waals surface area contributed by atoms with Crippen LogP contribution in [0.3, 0.4) is 0 Å². The zero-order valence-corrected chi connectivity index (χ0v) is 11.3. The van der Waals surface area contributed by atoms with Gasteiger partial charge in [-0.25, -0.2) is 4.39 Å². The van der Waals surface area contributed by atoms with E-state index >= 15 is 0 Å². The van der Waals surface area contributed by atoms with Gasteiger partial charge in [-0.2, -0.15) is 0 Å². The second-order valence-electron chi connectivity index (χ2n) is 4.88. The maximum Gasteiger partial charge on any atom is 0.217 e. The van der Waals surface area contributed by atoms with E-state index in [1.807, 2.05) is 42.5 Å². The first kappa shape index (κ1) is 13.3. The van der Waals surface area contributed by atoms with E-state index in [0.717, 1.165) is 23.7 Å². The summed E-state index contributed by atoms with van der Waals surface area (Å²) in [4.78, 5) is 14.3. The van der Waals surface area contributed by atoms with E-state index in [2.05, 4.69) is 17.1 Å². The van der Waals surface area contributed by atoms with Gasteiger partial charge in [-0.15, -0.1) is 0 Å². The summed E-state index contributed by atoms with van der Waals surface area (Å²) in [5, 5.41) is 0. The Hall–Kier alpha value is -2.68. The molecule has 1 N–H and O–H groups in total. The standard InChI is InChI=1S/C18H14FNO/c19-16-12-20-17(11-18(16)21)15-9-5-4-8-14(15)10-13-6-2-1-3-7-13/h1-9,11-12H,10H2,(H,20,21). The molecule has 2 nitrogen and oxygen atoms in total. The van der Waals surface area contributed by atoms with Crippen molar-refractivity contribution in [3.8, 4) is 11.3 Å². The quantitative estimate of drug-likeness (QED) is 0.777. The number of aromatic nitrogens is 1. The topological polar surface area (TPSA) is 32.9 Å². The van der Waals surface area contributed by atoms with Crippen LogP contribution in [0.15, 0.2) is 71.7 Å². The number of nitrogens with one attached hydrogen (secondary N) is 1. The van der Waals surface area contributed by atoms with Gasteiger partial charge in [0, 0.05) is 23.5 Å². The molecular formula is C18H14FNO. The molecule has 0 unspecified atom stereocenters. The van der Waals surface area contributed by atoms with Crippen molar-refractivity contribution in [2.45, 2.75) is 6.42 Å². The minimum absolute atomic E-state index is 0.599. The first-order chi connectivity index (χ1) is 10.2. The minimum Gasteiger partial charge on any atom is -0.358 e. The first-order valence-electron chi connectivity index (χ1n) is 6.74. The van der Waals surface area contributed by atoms with Crippen LogP contribution in [0.5, 0.6) is 0 Å². The van der Waals surface area contributed by atoms with Crippen molar-refractivity contribution in [3.05, 3.63) is 94.0 Å². The Morgan fingerprint density at radius 2 is 1.67 bits per heavy atom. The van der Waals surface area contributed by atoms with Crippen LogP contribution < -0.4 is 5.43 Å². The van der Waals surface area contributed by atoms with E-state index in [1.165, 1.54) is 11.6 Å². The highest BCUT2D eigenvalue weighted by Crippen LogP contribution is 2.23. The molecule has 0 aliphatic carbocycles. The van der Waals surface area contributed by atoms with Gasteiger partial charge in [-0.05, 0) is 17.5 Å². The van der Waals surface area contributed by atoms with E-state index in [9.17, 15) is 9.18 Å². The third-order valence-corrected chi connectivity index (χ3v) is 3.41. The molecule has 0 fully saturated rings. The lowest BCUT2D eigenvalue weighted by Crippen LogP contribution is -2.06. The molecule has 0 saturated heterocycles. The van der Waals surface area contributed by atoms with Crippen molar-refractivity contribution in [2.75, 3.05) is 0 Å². The molecule has 1 aromatic heterocycles. The minimum atomic E-state index is -0.765. The summed E-state index contributed by atoms with van der Waals surface area (Å²) in [5.74, 6) is -0.765. The van der Waals surface area contributed by atoms with Gasteiger partial charge in [-0.1, -0.05) is 54.6 Å². The number of H-pyrrole nitrogens is 1. The Kier molecular flexibility index (Phi) is 3.65. The van der Waals surface area contributed by atoms with Crippen molar-refractivity contribution < 1.29 is 4.39 Å². The molecular weight excluding hydrogens is 265 g/mol. The maximum absolute atomic E-state index is 13.1. The lowest BCUT2D eigenvalue weighted by molar-refractivity contribution is 0.611. The normalized spacial score (nSPS) is 10.5. The van der Waals surface area contributed by atoms with Gasteiger partial charge in [0.05, 0.1) is 0 Å². The zero-order valence-electron chi connectivity index (χ0n) is 11.3. The summed E-state index contributed by atoms with van der Waals surface area (Å²) in [6.07, 6.45) is 1.87. The SMILES string of the molecule is O=c1cc(-c2ccccc2Cc2ccccc2)[nH]cc1F. The second kappa shape index (κ2) is 5.75. The summed E-state index contributed by atoms with van der Waals surface area (Å²) in [6.45, 7) is 0. The van der Waals surface area contributed by atoms with Crippen molar-refractivity contribution >= 4 is 0 Å². The van der Waals surface area contributed by atoms with Crippen LogP contribution in [0.1, 0.15) is 11.1 Å². The van der Waals surface area contributed by atoms with E-state index in [4.69, 9.17) is 0 Å². The van der Waals surface area contributed by atoms with Crippen molar-refractivity contribution in [3.63, 3.8) is 0 Å². The van der Waals surface area contributed by atoms with E-state index in [1.54, 1.807) is 0 Å². The number of hydrogen-bond donors (Lipinski definition) is 1. The number of pyridine rings is 1. The van der Waals surface area contributed by atoms with Gasteiger partial charge >= 0.3 is 0 Å². The van der Waals surface area contributed by atoms with Gasteiger partial charge in [0.2, 0.25) is 5.43 Å². The number of hydrogen-bond acceptors (Lipinski definition) is 1. The highest BCUT2D eigenvalue weighted by molar-refractivity contribution is 5.64. The monoisotopic (exact) mass is 279 g/mol. The van der Waals surface area contributed by atoms with E-state index in [-0.39, 0.29) is 0 Å². The molecule has 0 radical (unpaired) electrons. The molecule has 3 rings (SSSR count). The Bertz CT molecular complexity index is 809. The van der Waals surface area contributed by atoms with Crippen molar-refractivity contribution in [2.24, 2.45) is 0 Å². The predicted molar refractivity (Wildman–Crippen MR) is 81.7 cm³/mol. The fraction of sp³-hybridized carbons (Fsp3) is 0.0556. The molecule has 0 amide bonds. The summed E-state index contributed by atoms with van der Waals surface area (Å²) >= 11 is 0. The van der Waals surface area contributed by atoms with Gasteiger partial charge in [0.1, 0.15) is 0 Å². The third kappa shape index (κ3) is 2.92. The average Bonchev–Trinajstić information content (AvgIpc) is 2.52. The Morgan fingerprint density at radius 1 is 0.952 bits per heavy atom. The zero-order chi connectivity index (χ0) is 14.7. The Balaban J connectivity index is 2.03. The maximum atomic E-state index is 13.1. The molecule has 21 heavy (non-hydrogen) atoms. The molecule has 2 aromatic carbocycles. The highest BCUT2D eigenvalue weighted by Gasteiger charge is 2.08. The predicted octanol–water partition coefficient (Wildman–Crippen LogP) is 3.77. The fourth-order valence-electron chi connectivity index (χ4n) is 2.36. The average molecular weight is 279 g/mol. The lowest BCUT2D eigenvalue weighted by atomic mass is 9.97. The molecule has 3 heteroatoms. The van der Waals surface area contributed by atoms with Gasteiger partial charge in [0.15, 0.2) is 5.82 Å². The van der Waals surface area contributed by atoms with Crippen molar-refractivity contribution in [1.29, 1.82) is 0 Å². The smallest absolute Gasteiger partial charge is 0.217 e. The molecule has 1 heterocycles. The van der Waals surface area contributed by atoms with Gasteiger partial charge in [0.25, 0.3) is 0 Å². The molecule has 0 saturated carbocycles. The second-order valence-corrected chi connectivity index (χ2v) is 4.88. The third-order valence-electron chi connectivity index (χ3n) is 3.41. The van der Waals surface area contributed by atoms with Gasteiger partial charge in [-0.3, -0.25) is 4.79 Å². The number of benzene rings is 2. The van der Waals surface area contributed by atoms with Crippen LogP contribution in [-0.2, 0) is 6.42 Å². The van der Waals surface area contributed by atoms with Crippen LogP contribution in [0.4, 0.5) is 4.39 Å². The van der Waals surface area contributed by atoms with E-state index < -0.39 is 11.2 Å². The van der Waals surface area contributed by atoms with Crippen molar-refractivity contribution in [1.82, 2.24) is 4.98 Å². The number of halogens is 1.